The Morgan fingerprint density at radius 3 is 1.84 bits per heavy atom. The van der Waals surface area contributed by atoms with E-state index in [1.54, 1.807) is 0 Å². The number of nitrogens with one attached hydrogen (secondary N) is 1. The summed E-state index contributed by atoms with van der Waals surface area (Å²) in [7, 11) is 0. The molecule has 12 aromatic rings. The Balaban J connectivity index is 0.997. The first-order valence-electron chi connectivity index (χ1n) is 21.4. The lowest BCUT2D eigenvalue weighted by molar-refractivity contribution is 0.573. The van der Waals surface area contributed by atoms with Crippen LogP contribution in [0.4, 0.5) is 28.4 Å². The van der Waals surface area contributed by atoms with Gasteiger partial charge in [-0.25, -0.2) is 0 Å². The van der Waals surface area contributed by atoms with Crippen molar-refractivity contribution in [2.75, 3.05) is 10.2 Å². The molecule has 0 amide bonds. The van der Waals surface area contributed by atoms with Gasteiger partial charge < -0.3 is 23.5 Å². The van der Waals surface area contributed by atoms with Crippen LogP contribution in [0.3, 0.4) is 0 Å². The van der Waals surface area contributed by atoms with E-state index in [0.717, 1.165) is 99.0 Å². The van der Waals surface area contributed by atoms with Crippen LogP contribution in [0.2, 0.25) is 0 Å². The molecule has 0 atom stereocenters. The number of aryl methyl sites for hydroxylation is 2. The fourth-order valence-electron chi connectivity index (χ4n) is 9.40. The van der Waals surface area contributed by atoms with Crippen molar-refractivity contribution in [1.29, 1.82) is 5.26 Å². The molecule has 0 unspecified atom stereocenters. The number of hydrogen-bond acceptors (Lipinski definition) is 6. The number of anilines is 5. The summed E-state index contributed by atoms with van der Waals surface area (Å²) >= 11 is 0. The molecule has 6 heteroatoms. The fourth-order valence-corrected chi connectivity index (χ4v) is 9.40. The zero-order chi connectivity index (χ0) is 42.7. The van der Waals surface area contributed by atoms with E-state index in [0.29, 0.717) is 22.3 Å². The Morgan fingerprint density at radius 1 is 0.476 bits per heavy atom. The third-order valence-corrected chi connectivity index (χ3v) is 12.6. The highest BCUT2D eigenvalue weighted by Gasteiger charge is 2.24. The van der Waals surface area contributed by atoms with Crippen LogP contribution in [0.1, 0.15) is 43.0 Å². The number of fused-ring (bicyclic) bond motifs is 12. The van der Waals surface area contributed by atoms with Crippen molar-refractivity contribution in [3.8, 4) is 6.07 Å². The van der Waals surface area contributed by atoms with Crippen LogP contribution in [-0.4, -0.2) is 0 Å². The number of furan rings is 3. The minimum atomic E-state index is -0.0584. The maximum absolute atomic E-state index is 10.5. The van der Waals surface area contributed by atoms with Gasteiger partial charge in [-0.2, -0.15) is 5.26 Å². The second-order valence-corrected chi connectivity index (χ2v) is 18.0. The largest absolute Gasteiger partial charge is 0.456 e. The van der Waals surface area contributed by atoms with Crippen molar-refractivity contribution in [2.24, 2.45) is 0 Å². The van der Waals surface area contributed by atoms with Crippen LogP contribution in [0, 0.1) is 25.2 Å². The second kappa shape index (κ2) is 13.5. The molecule has 0 saturated heterocycles. The van der Waals surface area contributed by atoms with Gasteiger partial charge in [-0.3, -0.25) is 0 Å². The predicted octanol–water partition coefficient (Wildman–Crippen LogP) is 16.7. The quantitative estimate of drug-likeness (QED) is 0.186. The SMILES string of the molecule is Cc1ccc(Nc2ccc3cc4c(cc3c2)oc2c(C#N)cc3c5cc6ccc(N(c7ccc(C)cc7)c7ccc8oc9c(C(C)(C)C)cccc9c8c7)cc6cc5oc3c24)cc1. The van der Waals surface area contributed by atoms with E-state index in [1.807, 2.05) is 6.07 Å². The molecule has 3 aromatic heterocycles. The predicted molar refractivity (Wildman–Crippen MR) is 261 cm³/mol. The summed E-state index contributed by atoms with van der Waals surface area (Å²) in [5.74, 6) is 0. The summed E-state index contributed by atoms with van der Waals surface area (Å²) < 4.78 is 19.9. The highest BCUT2D eigenvalue weighted by molar-refractivity contribution is 6.25. The summed E-state index contributed by atoms with van der Waals surface area (Å²) in [4.78, 5) is 2.31. The summed E-state index contributed by atoms with van der Waals surface area (Å²) in [6.07, 6.45) is 0. The molecule has 12 rings (SSSR count). The van der Waals surface area contributed by atoms with E-state index < -0.39 is 0 Å². The highest BCUT2D eigenvalue weighted by Crippen LogP contribution is 2.45. The molecule has 0 saturated carbocycles. The molecule has 63 heavy (non-hydrogen) atoms. The van der Waals surface area contributed by atoms with E-state index >= 15 is 0 Å². The van der Waals surface area contributed by atoms with E-state index in [1.165, 1.54) is 16.7 Å². The van der Waals surface area contributed by atoms with Gasteiger partial charge in [-0.1, -0.05) is 86.5 Å². The van der Waals surface area contributed by atoms with Crippen LogP contribution in [0.15, 0.2) is 165 Å². The molecule has 0 fully saturated rings. The first-order chi connectivity index (χ1) is 30.6. The maximum atomic E-state index is 10.5. The standard InChI is InChI=1S/C57H41N3O3/c1-32-9-15-39(16-10-32)59-40-17-13-34-26-48-52(28-36(34)23-40)62-54-38(31-58)27-47-45-25-35-14-20-42(24-37(35)29-51(45)63-56(47)53(48)54)60(41-18-11-33(2)12-19-41)43-21-22-50-46(30-43)44-7-6-8-49(55(44)61-50)57(3,4)5/h6-30,59H,1-5H3. The molecule has 0 aliphatic carbocycles. The summed E-state index contributed by atoms with van der Waals surface area (Å²) in [5, 5.41) is 23.9. The smallest absolute Gasteiger partial charge is 0.156 e. The van der Waals surface area contributed by atoms with E-state index in [9.17, 15) is 5.26 Å². The molecule has 9 aromatic carbocycles. The minimum absolute atomic E-state index is 0.0584. The highest BCUT2D eigenvalue weighted by atomic mass is 16.3. The Morgan fingerprint density at radius 2 is 1.08 bits per heavy atom. The minimum Gasteiger partial charge on any atom is -0.456 e. The lowest BCUT2D eigenvalue weighted by Gasteiger charge is -2.26. The number of nitriles is 1. The van der Waals surface area contributed by atoms with Gasteiger partial charge in [0.05, 0.1) is 10.9 Å². The molecular weight excluding hydrogens is 775 g/mol. The van der Waals surface area contributed by atoms with Crippen molar-refractivity contribution in [1.82, 2.24) is 0 Å². The van der Waals surface area contributed by atoms with Gasteiger partial charge >= 0.3 is 0 Å². The molecular formula is C57H41N3O3. The first-order valence-corrected chi connectivity index (χ1v) is 21.4. The van der Waals surface area contributed by atoms with Crippen molar-refractivity contribution in [2.45, 2.75) is 40.0 Å². The first kappa shape index (κ1) is 36.8. The van der Waals surface area contributed by atoms with Gasteiger partial charge in [0, 0.05) is 60.9 Å². The molecule has 0 aliphatic rings. The monoisotopic (exact) mass is 815 g/mol. The average molecular weight is 816 g/mol. The maximum Gasteiger partial charge on any atom is 0.156 e. The summed E-state index contributed by atoms with van der Waals surface area (Å²) in [6, 6.07) is 55.8. The van der Waals surface area contributed by atoms with Crippen molar-refractivity contribution in [3.05, 3.63) is 174 Å². The van der Waals surface area contributed by atoms with E-state index in [4.69, 9.17) is 13.3 Å². The van der Waals surface area contributed by atoms with Crippen molar-refractivity contribution >= 4 is 116 Å². The summed E-state index contributed by atoms with van der Waals surface area (Å²) in [5.41, 5.74) is 13.6. The number of hydrogen-bond donors (Lipinski definition) is 1. The average Bonchev–Trinajstić information content (AvgIpc) is 3.96. The molecule has 0 spiro atoms. The lowest BCUT2D eigenvalue weighted by atomic mass is 9.86. The third-order valence-electron chi connectivity index (χ3n) is 12.6. The molecule has 3 heterocycles. The number of rotatable bonds is 5. The molecule has 6 nitrogen and oxygen atoms in total. The van der Waals surface area contributed by atoms with Gasteiger partial charge in [0.1, 0.15) is 34.0 Å². The van der Waals surface area contributed by atoms with Crippen LogP contribution in [0.5, 0.6) is 0 Å². The number of nitrogens with zero attached hydrogens (tertiary/aromatic N) is 2. The van der Waals surface area contributed by atoms with Gasteiger partial charge in [-0.15, -0.1) is 0 Å². The van der Waals surface area contributed by atoms with E-state index in [2.05, 4.69) is 196 Å². The molecule has 0 radical (unpaired) electrons. The Labute approximate surface area is 363 Å². The van der Waals surface area contributed by atoms with Crippen molar-refractivity contribution < 1.29 is 13.3 Å². The topological polar surface area (TPSA) is 78.5 Å². The van der Waals surface area contributed by atoms with Gasteiger partial charge in [-0.05, 0) is 138 Å². The van der Waals surface area contributed by atoms with Crippen LogP contribution in [-0.2, 0) is 5.41 Å². The zero-order valence-electron chi connectivity index (χ0n) is 35.6. The normalized spacial score (nSPS) is 12.2. The molecule has 0 aliphatic heterocycles. The van der Waals surface area contributed by atoms with Crippen LogP contribution < -0.4 is 10.2 Å². The number of para-hydroxylation sites is 1. The van der Waals surface area contributed by atoms with Gasteiger partial charge in [0.15, 0.2) is 5.58 Å². The number of benzene rings is 9. The van der Waals surface area contributed by atoms with Crippen molar-refractivity contribution in [3.63, 3.8) is 0 Å². The molecule has 302 valence electrons. The Kier molecular flexibility index (Phi) is 7.88. The molecule has 1 N–H and O–H groups in total. The van der Waals surface area contributed by atoms with Crippen LogP contribution >= 0.6 is 0 Å². The third kappa shape index (κ3) is 5.92. The lowest BCUT2D eigenvalue weighted by Crippen LogP contribution is -2.10. The fraction of sp³-hybridized carbons (Fsp3) is 0.105. The zero-order valence-corrected chi connectivity index (χ0v) is 35.6. The summed E-state index contributed by atoms with van der Waals surface area (Å²) in [6.45, 7) is 10.9. The van der Waals surface area contributed by atoms with Gasteiger partial charge in [0.25, 0.3) is 0 Å². The second-order valence-electron chi connectivity index (χ2n) is 18.0. The van der Waals surface area contributed by atoms with Crippen LogP contribution in [0.25, 0.3) is 87.4 Å². The Hall–Kier alpha value is -8.01. The Bertz CT molecular complexity index is 3890. The molecule has 0 bridgehead atoms. The van der Waals surface area contributed by atoms with E-state index in [-0.39, 0.29) is 5.41 Å². The van der Waals surface area contributed by atoms with Gasteiger partial charge in [0.2, 0.25) is 0 Å².